The number of hydrogen-bond donors (Lipinski definition) is 1. The van der Waals surface area contributed by atoms with Gasteiger partial charge in [0, 0.05) is 12.4 Å². The highest BCUT2D eigenvalue weighted by Gasteiger charge is 2.13. The molecule has 29 heavy (non-hydrogen) atoms. The predicted molar refractivity (Wildman–Crippen MR) is 105 cm³/mol. The Morgan fingerprint density at radius 3 is 2.83 bits per heavy atom. The van der Waals surface area contributed by atoms with Gasteiger partial charge < -0.3 is 19.2 Å². The number of pyridine rings is 2. The highest BCUT2D eigenvalue weighted by molar-refractivity contribution is 6.02. The van der Waals surface area contributed by atoms with Gasteiger partial charge in [-0.15, -0.1) is 5.10 Å². The van der Waals surface area contributed by atoms with E-state index < -0.39 is 0 Å². The van der Waals surface area contributed by atoms with E-state index in [2.05, 4.69) is 25.5 Å². The Kier molecular flexibility index (Phi) is 5.02. The minimum atomic E-state index is -0.377. The van der Waals surface area contributed by atoms with E-state index in [9.17, 15) is 4.79 Å². The zero-order valence-electron chi connectivity index (χ0n) is 15.9. The Morgan fingerprint density at radius 2 is 2.03 bits per heavy atom. The molecule has 146 valence electrons. The van der Waals surface area contributed by atoms with Gasteiger partial charge in [-0.05, 0) is 50.2 Å². The number of aryl methyl sites for hydroxylation is 1. The van der Waals surface area contributed by atoms with E-state index in [1.165, 1.54) is 0 Å². The van der Waals surface area contributed by atoms with Gasteiger partial charge in [0.2, 0.25) is 0 Å². The van der Waals surface area contributed by atoms with Crippen LogP contribution in [0.2, 0.25) is 0 Å². The lowest BCUT2D eigenvalue weighted by Gasteiger charge is -2.09. The second-order valence-corrected chi connectivity index (χ2v) is 6.11. The fourth-order valence-corrected chi connectivity index (χ4v) is 2.62. The quantitative estimate of drug-likeness (QED) is 0.539. The van der Waals surface area contributed by atoms with Crippen molar-refractivity contribution in [1.82, 2.24) is 24.6 Å². The maximum atomic E-state index is 12.4. The zero-order valence-corrected chi connectivity index (χ0v) is 15.9. The Labute approximate surface area is 166 Å². The number of fused-ring (bicyclic) bond motifs is 1. The second-order valence-electron chi connectivity index (χ2n) is 6.11. The molecule has 0 fully saturated rings. The Morgan fingerprint density at radius 1 is 1.14 bits per heavy atom. The number of carbonyl (C=O) groups excluding carboxylic acids is 1. The Hall–Kier alpha value is -4.01. The molecule has 0 aliphatic carbocycles. The molecular formula is C20H18N6O3. The third-order valence-corrected chi connectivity index (χ3v) is 3.95. The first-order valence-electron chi connectivity index (χ1n) is 8.98. The number of ether oxygens (including phenoxy) is 2. The monoisotopic (exact) mass is 390 g/mol. The van der Waals surface area contributed by atoms with Crippen LogP contribution in [0.3, 0.4) is 0 Å². The van der Waals surface area contributed by atoms with Crippen molar-refractivity contribution >= 4 is 17.4 Å². The van der Waals surface area contributed by atoms with Gasteiger partial charge >= 0.3 is 0 Å². The van der Waals surface area contributed by atoms with E-state index in [-0.39, 0.29) is 11.6 Å². The molecule has 0 aliphatic rings. The average molecular weight is 390 g/mol. The fourth-order valence-electron chi connectivity index (χ4n) is 2.62. The average Bonchev–Trinajstić information content (AvgIpc) is 3.15. The smallest absolute Gasteiger partial charge is 0.277 e. The van der Waals surface area contributed by atoms with E-state index >= 15 is 0 Å². The summed E-state index contributed by atoms with van der Waals surface area (Å²) in [6, 6.07) is 10.5. The molecule has 9 heteroatoms. The summed E-state index contributed by atoms with van der Waals surface area (Å²) in [6.45, 7) is 4.22. The van der Waals surface area contributed by atoms with Gasteiger partial charge in [-0.3, -0.25) is 4.79 Å². The summed E-state index contributed by atoms with van der Waals surface area (Å²) in [6.07, 6.45) is 4.96. The van der Waals surface area contributed by atoms with Gasteiger partial charge in [-0.25, -0.2) is 9.97 Å². The van der Waals surface area contributed by atoms with Crippen LogP contribution in [0.25, 0.3) is 5.65 Å². The number of rotatable bonds is 6. The molecule has 0 radical (unpaired) electrons. The molecule has 0 unspecified atom stereocenters. The maximum Gasteiger partial charge on any atom is 0.277 e. The summed E-state index contributed by atoms with van der Waals surface area (Å²) in [5, 5.41) is 10.5. The summed E-state index contributed by atoms with van der Waals surface area (Å²) in [4.78, 5) is 21.0. The highest BCUT2D eigenvalue weighted by Crippen LogP contribution is 2.29. The van der Waals surface area contributed by atoms with Crippen LogP contribution in [0.4, 0.5) is 5.82 Å². The van der Waals surface area contributed by atoms with Crippen LogP contribution >= 0.6 is 0 Å². The number of anilines is 1. The number of nitrogens with one attached hydrogen (secondary N) is 1. The number of nitrogens with zero attached hydrogens (tertiary/aromatic N) is 5. The van der Waals surface area contributed by atoms with Crippen LogP contribution in [0.5, 0.6) is 17.4 Å². The molecule has 0 bridgehead atoms. The topological polar surface area (TPSA) is 104 Å². The second kappa shape index (κ2) is 7.93. The molecule has 0 saturated carbocycles. The standard InChI is InChI=1S/C20H18N6O3/c1-3-28-16-5-4-10-21-20(16)29-14-7-9-18-22-15(12-26(18)11-14)19(27)23-17-8-6-13(2)24-25-17/h4-12H,3H2,1-2H3,(H,23,25,27). The lowest BCUT2D eigenvalue weighted by Crippen LogP contribution is -2.13. The first-order valence-corrected chi connectivity index (χ1v) is 8.98. The van der Waals surface area contributed by atoms with Crippen LogP contribution in [0, 0.1) is 6.92 Å². The molecule has 0 aromatic carbocycles. The molecule has 0 spiro atoms. The van der Waals surface area contributed by atoms with Gasteiger partial charge in [0.1, 0.15) is 17.1 Å². The molecule has 1 amide bonds. The van der Waals surface area contributed by atoms with Crippen LogP contribution in [0.1, 0.15) is 23.1 Å². The molecule has 0 aliphatic heterocycles. The van der Waals surface area contributed by atoms with Crippen LogP contribution in [0.15, 0.2) is 55.0 Å². The number of hydrogen-bond acceptors (Lipinski definition) is 7. The van der Waals surface area contributed by atoms with E-state index in [0.717, 1.165) is 5.69 Å². The van der Waals surface area contributed by atoms with Crippen molar-refractivity contribution in [2.45, 2.75) is 13.8 Å². The molecule has 0 saturated heterocycles. The largest absolute Gasteiger partial charge is 0.488 e. The molecule has 4 aromatic heterocycles. The zero-order chi connectivity index (χ0) is 20.2. The number of amides is 1. The van der Waals surface area contributed by atoms with E-state index in [1.807, 2.05) is 13.8 Å². The summed E-state index contributed by atoms with van der Waals surface area (Å²) in [5.74, 6) is 1.44. The lowest BCUT2D eigenvalue weighted by molar-refractivity contribution is 0.102. The summed E-state index contributed by atoms with van der Waals surface area (Å²) < 4.78 is 13.1. The van der Waals surface area contributed by atoms with Crippen molar-refractivity contribution in [3.8, 4) is 17.4 Å². The summed E-state index contributed by atoms with van der Waals surface area (Å²) in [5.41, 5.74) is 1.62. The van der Waals surface area contributed by atoms with E-state index in [4.69, 9.17) is 9.47 Å². The third-order valence-electron chi connectivity index (χ3n) is 3.95. The number of imidazole rings is 1. The van der Waals surface area contributed by atoms with Crippen LogP contribution < -0.4 is 14.8 Å². The first-order chi connectivity index (χ1) is 14.1. The predicted octanol–water partition coefficient (Wildman–Crippen LogP) is 3.27. The van der Waals surface area contributed by atoms with Crippen molar-refractivity contribution in [3.63, 3.8) is 0 Å². The normalized spacial score (nSPS) is 10.7. The van der Waals surface area contributed by atoms with Crippen molar-refractivity contribution in [2.24, 2.45) is 0 Å². The fraction of sp³-hybridized carbons (Fsp3) is 0.150. The van der Waals surface area contributed by atoms with Gasteiger partial charge in [-0.2, -0.15) is 5.10 Å². The van der Waals surface area contributed by atoms with Gasteiger partial charge in [0.25, 0.3) is 11.8 Å². The van der Waals surface area contributed by atoms with Gasteiger partial charge in [-0.1, -0.05) is 0 Å². The van der Waals surface area contributed by atoms with Gasteiger partial charge in [0.15, 0.2) is 11.6 Å². The van der Waals surface area contributed by atoms with E-state index in [0.29, 0.717) is 35.5 Å². The SMILES string of the molecule is CCOc1cccnc1Oc1ccc2nc(C(=O)Nc3ccc(C)nn3)cn2c1. The number of aromatic nitrogens is 5. The highest BCUT2D eigenvalue weighted by atomic mass is 16.5. The molecule has 0 atom stereocenters. The molecule has 4 rings (SSSR count). The molecule has 9 nitrogen and oxygen atoms in total. The van der Waals surface area contributed by atoms with Crippen molar-refractivity contribution in [3.05, 3.63) is 66.4 Å². The van der Waals surface area contributed by atoms with E-state index in [1.54, 1.807) is 59.4 Å². The van der Waals surface area contributed by atoms with Crippen molar-refractivity contribution in [2.75, 3.05) is 11.9 Å². The Balaban J connectivity index is 1.54. The van der Waals surface area contributed by atoms with Crippen molar-refractivity contribution < 1.29 is 14.3 Å². The van der Waals surface area contributed by atoms with Crippen LogP contribution in [-0.2, 0) is 0 Å². The Bertz CT molecular complexity index is 1160. The molecule has 4 heterocycles. The minimum Gasteiger partial charge on any atom is -0.488 e. The lowest BCUT2D eigenvalue weighted by atomic mass is 10.4. The summed E-state index contributed by atoms with van der Waals surface area (Å²) >= 11 is 0. The van der Waals surface area contributed by atoms with Crippen molar-refractivity contribution in [1.29, 1.82) is 0 Å². The molecule has 4 aromatic rings. The number of carbonyl (C=O) groups is 1. The summed E-state index contributed by atoms with van der Waals surface area (Å²) in [7, 11) is 0. The minimum absolute atomic E-state index is 0.248. The molecule has 1 N–H and O–H groups in total. The maximum absolute atomic E-state index is 12.4. The first kappa shape index (κ1) is 18.4. The van der Waals surface area contributed by atoms with Gasteiger partial charge in [0.05, 0.1) is 18.5 Å². The molecular weight excluding hydrogens is 372 g/mol. The van der Waals surface area contributed by atoms with Crippen LogP contribution in [-0.4, -0.2) is 37.1 Å². The third kappa shape index (κ3) is 4.13.